The van der Waals surface area contributed by atoms with Gasteiger partial charge in [-0.15, -0.1) is 0 Å². The first-order valence-electron chi connectivity index (χ1n) is 11.3. The smallest absolute Gasteiger partial charge is 0.251 e. The highest BCUT2D eigenvalue weighted by Gasteiger charge is 2.43. The van der Waals surface area contributed by atoms with Gasteiger partial charge in [0.25, 0.3) is 5.91 Å². The fraction of sp³-hybridized carbons (Fsp3) is 0.440. The van der Waals surface area contributed by atoms with Crippen molar-refractivity contribution in [3.05, 3.63) is 59.8 Å². The molecule has 3 rings (SSSR count). The molecule has 3 N–H and O–H groups in total. The Labute approximate surface area is 195 Å². The second-order valence-corrected chi connectivity index (χ2v) is 8.80. The summed E-state index contributed by atoms with van der Waals surface area (Å²) in [6, 6.07) is 11.1. The van der Waals surface area contributed by atoms with Crippen LogP contribution in [-0.4, -0.2) is 47.9 Å². The van der Waals surface area contributed by atoms with E-state index in [-0.39, 0.29) is 29.7 Å². The molecule has 3 amide bonds. The summed E-state index contributed by atoms with van der Waals surface area (Å²) in [6.07, 6.45) is 1.98. The normalized spacial score (nSPS) is 17.8. The van der Waals surface area contributed by atoms with Crippen molar-refractivity contribution in [3.63, 3.8) is 0 Å². The number of anilines is 1. The number of carbonyl (C=O) groups excluding carboxylic acids is 3. The molecule has 2 heterocycles. The molecule has 1 aromatic heterocycles. The van der Waals surface area contributed by atoms with E-state index in [0.717, 1.165) is 11.1 Å². The van der Waals surface area contributed by atoms with Crippen LogP contribution in [0.2, 0.25) is 0 Å². The number of aromatic nitrogens is 1. The minimum Gasteiger partial charge on any atom is -0.348 e. The summed E-state index contributed by atoms with van der Waals surface area (Å²) < 4.78 is 0. The second-order valence-electron chi connectivity index (χ2n) is 8.80. The van der Waals surface area contributed by atoms with Crippen LogP contribution in [-0.2, 0) is 20.8 Å². The van der Waals surface area contributed by atoms with Gasteiger partial charge in [-0.2, -0.15) is 0 Å². The first-order chi connectivity index (χ1) is 15.7. The average molecular weight is 452 g/mol. The Bertz CT molecular complexity index is 995. The minimum atomic E-state index is -0.789. The van der Waals surface area contributed by atoms with Crippen molar-refractivity contribution in [3.8, 4) is 0 Å². The van der Waals surface area contributed by atoms with Crippen LogP contribution in [0.25, 0.3) is 0 Å². The van der Waals surface area contributed by atoms with Gasteiger partial charge in [0, 0.05) is 12.6 Å². The minimum absolute atomic E-state index is 0.176. The fourth-order valence-corrected chi connectivity index (χ4v) is 3.93. The third-order valence-corrected chi connectivity index (χ3v) is 6.08. The zero-order chi connectivity index (χ0) is 24.1. The molecule has 0 aliphatic carbocycles. The molecule has 0 spiro atoms. The van der Waals surface area contributed by atoms with Crippen LogP contribution in [0.5, 0.6) is 0 Å². The van der Waals surface area contributed by atoms with Crippen molar-refractivity contribution in [2.45, 2.75) is 58.3 Å². The first kappa shape index (κ1) is 24.4. The molecule has 0 saturated carbocycles. The maximum atomic E-state index is 13.7. The molecule has 0 saturated heterocycles. The van der Waals surface area contributed by atoms with Crippen LogP contribution >= 0.6 is 0 Å². The number of nitrogens with zero attached hydrogens (tertiary/aromatic N) is 2. The topological polar surface area (TPSA) is 103 Å². The van der Waals surface area contributed by atoms with Gasteiger partial charge in [-0.05, 0) is 44.0 Å². The molecule has 0 fully saturated rings. The summed E-state index contributed by atoms with van der Waals surface area (Å²) in [6.45, 7) is 7.38. The van der Waals surface area contributed by atoms with E-state index in [9.17, 15) is 14.4 Å². The maximum Gasteiger partial charge on any atom is 0.251 e. The van der Waals surface area contributed by atoms with Crippen LogP contribution in [0.1, 0.15) is 44.9 Å². The lowest BCUT2D eigenvalue weighted by Gasteiger charge is -2.31. The monoisotopic (exact) mass is 451 g/mol. The molecule has 1 aliphatic rings. The standard InChI is InChI=1S/C25H33N5O3/c1-15(2)21(29-23(31)17(4)26-5)25(33)30-20(14-19-12-9-13-27-22(19)30)24(32)28-16(3)18-10-7-6-8-11-18/h6-13,15-17,20-21,26H,14H2,1-5H3,(H,28,32)(H,29,31)/t16?,17-,20?,21?/m0/s1. The van der Waals surface area contributed by atoms with Gasteiger partial charge in [-0.25, -0.2) is 4.98 Å². The molecule has 176 valence electrons. The van der Waals surface area contributed by atoms with E-state index in [2.05, 4.69) is 20.9 Å². The molecule has 3 unspecified atom stereocenters. The Morgan fingerprint density at radius 1 is 1.00 bits per heavy atom. The van der Waals surface area contributed by atoms with Crippen molar-refractivity contribution in [1.29, 1.82) is 0 Å². The van der Waals surface area contributed by atoms with E-state index < -0.39 is 18.1 Å². The van der Waals surface area contributed by atoms with Crippen LogP contribution in [0.15, 0.2) is 48.7 Å². The Morgan fingerprint density at radius 2 is 1.70 bits per heavy atom. The van der Waals surface area contributed by atoms with Crippen molar-refractivity contribution in [1.82, 2.24) is 20.9 Å². The van der Waals surface area contributed by atoms with Gasteiger partial charge in [0.2, 0.25) is 11.8 Å². The predicted octanol–water partition coefficient (Wildman–Crippen LogP) is 1.97. The molecule has 0 radical (unpaired) electrons. The van der Waals surface area contributed by atoms with Crippen LogP contribution in [0.3, 0.4) is 0 Å². The number of nitrogens with one attached hydrogen (secondary N) is 3. The number of carbonyl (C=O) groups is 3. The highest BCUT2D eigenvalue weighted by molar-refractivity contribution is 6.06. The Hall–Kier alpha value is -3.26. The van der Waals surface area contributed by atoms with Gasteiger partial charge in [0.1, 0.15) is 17.9 Å². The highest BCUT2D eigenvalue weighted by Crippen LogP contribution is 2.31. The molecule has 1 aliphatic heterocycles. The van der Waals surface area contributed by atoms with Crippen molar-refractivity contribution >= 4 is 23.5 Å². The first-order valence-corrected chi connectivity index (χ1v) is 11.3. The Balaban J connectivity index is 1.87. The van der Waals surface area contributed by atoms with Crippen molar-refractivity contribution in [2.75, 3.05) is 11.9 Å². The zero-order valence-electron chi connectivity index (χ0n) is 19.8. The quantitative estimate of drug-likeness (QED) is 0.569. The fourth-order valence-electron chi connectivity index (χ4n) is 3.93. The summed E-state index contributed by atoms with van der Waals surface area (Å²) in [5.74, 6) is -0.577. The number of amides is 3. The number of benzene rings is 1. The van der Waals surface area contributed by atoms with E-state index >= 15 is 0 Å². The lowest BCUT2D eigenvalue weighted by Crippen LogP contribution is -2.58. The molecule has 1 aromatic carbocycles. The molecular weight excluding hydrogens is 418 g/mol. The van der Waals surface area contributed by atoms with E-state index in [4.69, 9.17) is 0 Å². The van der Waals surface area contributed by atoms with E-state index in [1.165, 1.54) is 4.90 Å². The largest absolute Gasteiger partial charge is 0.348 e. The summed E-state index contributed by atoms with van der Waals surface area (Å²) in [5, 5.41) is 8.77. The highest BCUT2D eigenvalue weighted by atomic mass is 16.2. The summed E-state index contributed by atoms with van der Waals surface area (Å²) >= 11 is 0. The lowest BCUT2D eigenvalue weighted by atomic mass is 10.0. The number of hydrogen-bond acceptors (Lipinski definition) is 5. The molecule has 33 heavy (non-hydrogen) atoms. The van der Waals surface area contributed by atoms with Crippen LogP contribution in [0.4, 0.5) is 5.82 Å². The van der Waals surface area contributed by atoms with Gasteiger partial charge < -0.3 is 16.0 Å². The number of likely N-dealkylation sites (N-methyl/N-ethyl adjacent to an activating group) is 1. The predicted molar refractivity (Wildman–Crippen MR) is 128 cm³/mol. The second kappa shape index (κ2) is 10.6. The van der Waals surface area contributed by atoms with Crippen LogP contribution in [0, 0.1) is 5.92 Å². The summed E-state index contributed by atoms with van der Waals surface area (Å²) in [4.78, 5) is 45.5. The molecule has 8 nitrogen and oxygen atoms in total. The Kier molecular flexibility index (Phi) is 7.81. The van der Waals surface area contributed by atoms with E-state index in [0.29, 0.717) is 12.2 Å². The van der Waals surface area contributed by atoms with Gasteiger partial charge in [0.05, 0.1) is 12.1 Å². The van der Waals surface area contributed by atoms with Gasteiger partial charge in [-0.1, -0.05) is 50.2 Å². The third-order valence-electron chi connectivity index (χ3n) is 6.08. The average Bonchev–Trinajstić information content (AvgIpc) is 3.21. The van der Waals surface area contributed by atoms with Crippen molar-refractivity contribution in [2.24, 2.45) is 5.92 Å². The Morgan fingerprint density at radius 3 is 2.33 bits per heavy atom. The molecule has 8 heteroatoms. The van der Waals surface area contributed by atoms with E-state index in [1.54, 1.807) is 26.2 Å². The molecule has 4 atom stereocenters. The summed E-state index contributed by atoms with van der Waals surface area (Å²) in [5.41, 5.74) is 1.81. The van der Waals surface area contributed by atoms with Gasteiger partial charge in [-0.3, -0.25) is 19.3 Å². The van der Waals surface area contributed by atoms with Gasteiger partial charge >= 0.3 is 0 Å². The SMILES string of the molecule is CN[C@@H](C)C(=O)NC(C(=O)N1c2ncccc2CC1C(=O)NC(C)c1ccccc1)C(C)C. The van der Waals surface area contributed by atoms with Gasteiger partial charge in [0.15, 0.2) is 0 Å². The maximum absolute atomic E-state index is 13.7. The lowest BCUT2D eigenvalue weighted by molar-refractivity contribution is -0.131. The van der Waals surface area contributed by atoms with Crippen LogP contribution < -0.4 is 20.9 Å². The number of pyridine rings is 1. The van der Waals surface area contributed by atoms with Crippen molar-refractivity contribution < 1.29 is 14.4 Å². The third kappa shape index (κ3) is 5.39. The molecular formula is C25H33N5O3. The summed E-state index contributed by atoms with van der Waals surface area (Å²) in [7, 11) is 1.69. The number of hydrogen-bond donors (Lipinski definition) is 3. The van der Waals surface area contributed by atoms with E-state index in [1.807, 2.05) is 57.2 Å². The number of rotatable bonds is 8. The zero-order valence-corrected chi connectivity index (χ0v) is 19.8. The number of fused-ring (bicyclic) bond motifs is 1. The molecule has 0 bridgehead atoms. The molecule has 2 aromatic rings.